The van der Waals surface area contributed by atoms with Crippen LogP contribution in [0.25, 0.3) is 34.4 Å². The van der Waals surface area contributed by atoms with E-state index in [9.17, 15) is 9.59 Å². The molecule has 4 aromatic carbocycles. The number of allylic oxidation sites excluding steroid dienone is 2. The minimum atomic E-state index is -5.93. The van der Waals surface area contributed by atoms with Crippen molar-refractivity contribution in [3.05, 3.63) is 129 Å². The van der Waals surface area contributed by atoms with Crippen molar-refractivity contribution < 1.29 is 25.8 Å². The molecule has 54 heavy (non-hydrogen) atoms. The molecule has 4 atom stereocenters. The monoisotopic (exact) mass is 837 g/mol. The number of carbonyl (C=O) groups is 2. The number of benzene rings is 4. The van der Waals surface area contributed by atoms with Crippen molar-refractivity contribution in [2.45, 2.75) is 87.3 Å². The maximum absolute atomic E-state index is 12.6. The summed E-state index contributed by atoms with van der Waals surface area (Å²) in [6, 6.07) is 30.4. The van der Waals surface area contributed by atoms with E-state index >= 15 is 0 Å². The Kier molecular flexibility index (Phi) is 12.1. The third-order valence-corrected chi connectivity index (χ3v) is 32.3. The van der Waals surface area contributed by atoms with Crippen LogP contribution in [0.3, 0.4) is 0 Å². The van der Waals surface area contributed by atoms with Crippen LogP contribution in [-0.2, 0) is 25.8 Å². The van der Waals surface area contributed by atoms with Gasteiger partial charge in [-0.25, -0.2) is 0 Å². The first kappa shape index (κ1) is 40.5. The summed E-state index contributed by atoms with van der Waals surface area (Å²) in [6.45, 7) is 17.8. The molecule has 0 fully saturated rings. The summed E-state index contributed by atoms with van der Waals surface area (Å²) in [5.41, 5.74) is 13.9. The molecule has 2 N–H and O–H groups in total. The molecule has 2 aliphatic carbocycles. The van der Waals surface area contributed by atoms with Crippen molar-refractivity contribution >= 4 is 46.5 Å². The summed E-state index contributed by atoms with van der Waals surface area (Å²) in [7, 11) is 17.4. The molecule has 2 aliphatic rings. The van der Waals surface area contributed by atoms with Gasteiger partial charge in [0.25, 0.3) is 0 Å². The first-order chi connectivity index (χ1) is 25.8. The van der Waals surface area contributed by atoms with Crippen LogP contribution < -0.4 is 10.5 Å². The number of hydrogen-bond donors (Lipinski definition) is 2. The molecule has 4 aromatic rings. The van der Waals surface area contributed by atoms with E-state index in [2.05, 4.69) is 163 Å². The van der Waals surface area contributed by atoms with E-state index in [-0.39, 0.29) is 11.8 Å². The summed E-state index contributed by atoms with van der Waals surface area (Å²) < 4.78 is -1.80. The van der Waals surface area contributed by atoms with E-state index in [0.717, 1.165) is 57.4 Å². The number of hydrogen-bond acceptors (Lipinski definition) is 2. The topological polar surface area (TPSA) is 58.2 Å². The van der Waals surface area contributed by atoms with Crippen LogP contribution in [0.15, 0.2) is 96.1 Å². The molecule has 0 bridgehead atoms. The second kappa shape index (κ2) is 16.1. The second-order valence-corrected chi connectivity index (χ2v) is 37.5. The van der Waals surface area contributed by atoms with Crippen molar-refractivity contribution in [3.63, 3.8) is 0 Å². The number of carbonyl (C=O) groups excluding carboxylic acids is 2. The molecule has 0 aromatic heterocycles. The quantitative estimate of drug-likeness (QED) is 0.0925. The van der Waals surface area contributed by atoms with Crippen molar-refractivity contribution in [2.24, 2.45) is 11.8 Å². The molecule has 0 saturated heterocycles. The van der Waals surface area contributed by atoms with Gasteiger partial charge in [0.15, 0.2) is 0 Å². The van der Waals surface area contributed by atoms with Crippen molar-refractivity contribution in [2.75, 3.05) is 0 Å². The Morgan fingerprint density at radius 3 is 1.31 bits per heavy atom. The van der Waals surface area contributed by atoms with Gasteiger partial charge < -0.3 is 0 Å². The third-order valence-electron chi connectivity index (χ3n) is 12.4. The first-order valence-electron chi connectivity index (χ1n) is 19.7. The molecule has 0 heterocycles. The summed E-state index contributed by atoms with van der Waals surface area (Å²) in [4.78, 5) is 25.2. The average molecular weight is 840 g/mol. The van der Waals surface area contributed by atoms with Gasteiger partial charge in [-0.1, -0.05) is 0 Å². The van der Waals surface area contributed by atoms with Gasteiger partial charge in [0.05, 0.1) is 0 Å². The summed E-state index contributed by atoms with van der Waals surface area (Å²) in [6.07, 6.45) is 7.96. The standard InChI is InChI=1S/2C22H25.C2H3BN2O2.2ClH.Zr/c2*1-5-16(4)19-10-6-7-11-20(19)21-12-8-9-17-13-18(15(2)3)14-22(17)21;6-1-4-3-5-2-7;;;/h2*6-16H,5H2,1-4H3;1-2H,(H-,4,5,6,7);2*1H;/q;;;;;+1/p-1. The predicted octanol–water partition coefficient (Wildman–Crippen LogP) is 12.4. The Bertz CT molecular complexity index is 1980. The van der Waals surface area contributed by atoms with Gasteiger partial charge in [-0.15, -0.1) is 0 Å². The van der Waals surface area contributed by atoms with Gasteiger partial charge in [0.2, 0.25) is 0 Å². The van der Waals surface area contributed by atoms with E-state index in [0.29, 0.717) is 24.7 Å². The molecular formula is C46H54BCl2N2O2Zr. The van der Waals surface area contributed by atoms with Gasteiger partial charge in [0, 0.05) is 0 Å². The van der Waals surface area contributed by atoms with Crippen LogP contribution >= 0.6 is 17.0 Å². The van der Waals surface area contributed by atoms with Crippen molar-refractivity contribution in [3.8, 4) is 22.3 Å². The van der Waals surface area contributed by atoms with Gasteiger partial charge >= 0.3 is 334 Å². The van der Waals surface area contributed by atoms with Crippen LogP contribution in [0.5, 0.6) is 0 Å². The van der Waals surface area contributed by atoms with Crippen LogP contribution in [0, 0.1) is 11.8 Å². The Hall–Kier alpha value is -3.17. The molecule has 8 heteroatoms. The number of nitrogens with one attached hydrogen (secondary N) is 2. The zero-order chi connectivity index (χ0) is 39.0. The summed E-state index contributed by atoms with van der Waals surface area (Å²) in [5.74, 6) is 0.916. The van der Waals surface area contributed by atoms with Crippen LogP contribution in [0.1, 0.15) is 121 Å². The average Bonchev–Trinajstić information content (AvgIpc) is 3.79. The number of halogens is 2. The third kappa shape index (κ3) is 6.73. The first-order valence-corrected chi connectivity index (χ1v) is 30.3. The number of fused-ring (bicyclic) bond motifs is 2. The molecule has 0 spiro atoms. The normalized spacial score (nSPS) is 18.2. The van der Waals surface area contributed by atoms with Gasteiger partial charge in [-0.2, -0.15) is 0 Å². The Balaban J connectivity index is 1.69. The molecule has 0 radical (unpaired) electrons. The summed E-state index contributed by atoms with van der Waals surface area (Å²) in [5, 5.41) is 6.01. The second-order valence-electron chi connectivity index (χ2n) is 16.1. The molecule has 0 aliphatic heterocycles. The van der Waals surface area contributed by atoms with E-state index in [1.54, 1.807) is 0 Å². The Morgan fingerprint density at radius 1 is 0.593 bits per heavy atom. The summed E-state index contributed by atoms with van der Waals surface area (Å²) >= 11 is -5.93. The fourth-order valence-corrected chi connectivity index (χ4v) is 30.3. The maximum atomic E-state index is 12.6. The van der Waals surface area contributed by atoms with E-state index in [4.69, 9.17) is 17.0 Å². The van der Waals surface area contributed by atoms with Crippen molar-refractivity contribution in [1.82, 2.24) is 10.5 Å². The van der Waals surface area contributed by atoms with Gasteiger partial charge in [-0.05, 0) is 0 Å². The molecule has 6 rings (SSSR count). The van der Waals surface area contributed by atoms with E-state index in [1.165, 1.54) is 22.3 Å². The Morgan fingerprint density at radius 2 is 0.963 bits per heavy atom. The van der Waals surface area contributed by atoms with Crippen molar-refractivity contribution in [1.29, 1.82) is 0 Å². The fourth-order valence-electron chi connectivity index (χ4n) is 9.34. The number of amides is 2. The molecule has 281 valence electrons. The zero-order valence-electron chi connectivity index (χ0n) is 32.9. The molecule has 2 amide bonds. The molecular weight excluding hydrogens is 785 g/mol. The Labute approximate surface area is 331 Å². The SMILES string of the molecule is CCC(C)c1ccccc1-c1cccc2c1C=C(C(C)C)[CH]2[Zr]([Cl])([Cl])([B](NC=O)NC=O)[CH]1C(C(C)C)=Cc2c(-c3ccccc3C(C)CC)cccc21. The van der Waals surface area contributed by atoms with Gasteiger partial charge in [-0.3, -0.25) is 0 Å². The van der Waals surface area contributed by atoms with E-state index < -0.39 is 27.9 Å². The van der Waals surface area contributed by atoms with E-state index in [1.807, 2.05) is 0 Å². The van der Waals surface area contributed by atoms with Crippen LogP contribution in [-0.4, -0.2) is 17.3 Å². The molecule has 4 nitrogen and oxygen atoms in total. The number of rotatable bonds is 15. The molecule has 0 saturated carbocycles. The minimum absolute atomic E-state index is 0.0830. The zero-order valence-corrected chi connectivity index (χ0v) is 36.9. The molecule has 4 unspecified atom stereocenters. The van der Waals surface area contributed by atoms with Crippen LogP contribution in [0.2, 0.25) is 0 Å². The fraction of sp³-hybridized carbons (Fsp3) is 0.348. The predicted molar refractivity (Wildman–Crippen MR) is 228 cm³/mol. The van der Waals surface area contributed by atoms with Gasteiger partial charge in [0.1, 0.15) is 0 Å². The van der Waals surface area contributed by atoms with Crippen LogP contribution in [0.4, 0.5) is 0 Å².